The SMILES string of the molecule is CC(C)CC(C)C(CC(F)(F)F)C(C)CC(F)(F)F. The molecule has 0 fully saturated rings. The topological polar surface area (TPSA) is 0 Å². The molecular weight excluding hydrogens is 270 g/mol. The Labute approximate surface area is 110 Å². The normalized spacial score (nSPS) is 18.5. The lowest BCUT2D eigenvalue weighted by atomic mass is 9.76. The smallest absolute Gasteiger partial charge is 0.171 e. The summed E-state index contributed by atoms with van der Waals surface area (Å²) in [6.07, 6.45) is -10.6. The Bertz CT molecular complexity index is 253. The molecule has 19 heavy (non-hydrogen) atoms. The first kappa shape index (κ1) is 18.6. The molecule has 0 aliphatic heterocycles. The fourth-order valence-corrected chi connectivity index (χ4v) is 2.67. The minimum Gasteiger partial charge on any atom is -0.171 e. The van der Waals surface area contributed by atoms with E-state index in [1.54, 1.807) is 6.92 Å². The van der Waals surface area contributed by atoms with Gasteiger partial charge in [-0.05, 0) is 30.1 Å². The van der Waals surface area contributed by atoms with E-state index in [2.05, 4.69) is 0 Å². The number of alkyl halides is 6. The van der Waals surface area contributed by atoms with Gasteiger partial charge in [-0.15, -0.1) is 0 Å². The summed E-state index contributed by atoms with van der Waals surface area (Å²) in [4.78, 5) is 0. The third kappa shape index (κ3) is 9.16. The van der Waals surface area contributed by atoms with Crippen LogP contribution >= 0.6 is 0 Å². The van der Waals surface area contributed by atoms with Crippen LogP contribution in [-0.2, 0) is 0 Å². The van der Waals surface area contributed by atoms with E-state index in [4.69, 9.17) is 0 Å². The van der Waals surface area contributed by atoms with Gasteiger partial charge in [-0.25, -0.2) is 0 Å². The monoisotopic (exact) mass is 292 g/mol. The second-order valence-corrected chi connectivity index (χ2v) is 5.89. The van der Waals surface area contributed by atoms with Crippen molar-refractivity contribution in [2.75, 3.05) is 0 Å². The van der Waals surface area contributed by atoms with Crippen molar-refractivity contribution in [3.63, 3.8) is 0 Å². The maximum absolute atomic E-state index is 12.5. The summed E-state index contributed by atoms with van der Waals surface area (Å²) in [5.74, 6) is -2.21. The summed E-state index contributed by atoms with van der Waals surface area (Å²) in [6, 6.07) is 0. The highest BCUT2D eigenvalue weighted by molar-refractivity contribution is 4.77. The summed E-state index contributed by atoms with van der Waals surface area (Å²) in [5, 5.41) is 0. The molecule has 0 heterocycles. The van der Waals surface area contributed by atoms with Crippen molar-refractivity contribution < 1.29 is 26.3 Å². The fraction of sp³-hybridized carbons (Fsp3) is 1.00. The van der Waals surface area contributed by atoms with Crippen LogP contribution in [0.5, 0.6) is 0 Å². The lowest BCUT2D eigenvalue weighted by Crippen LogP contribution is -2.30. The Hall–Kier alpha value is -0.420. The number of halogens is 6. The second-order valence-electron chi connectivity index (χ2n) is 5.89. The highest BCUT2D eigenvalue weighted by atomic mass is 19.4. The van der Waals surface area contributed by atoms with Crippen LogP contribution in [0.25, 0.3) is 0 Å². The van der Waals surface area contributed by atoms with Crippen molar-refractivity contribution in [3.05, 3.63) is 0 Å². The predicted molar refractivity (Wildman–Crippen MR) is 62.6 cm³/mol. The minimum absolute atomic E-state index is 0.170. The van der Waals surface area contributed by atoms with Gasteiger partial charge >= 0.3 is 12.4 Å². The Morgan fingerprint density at radius 2 is 1.11 bits per heavy atom. The van der Waals surface area contributed by atoms with E-state index in [1.807, 2.05) is 13.8 Å². The molecule has 0 nitrogen and oxygen atoms in total. The maximum atomic E-state index is 12.5. The molecule has 0 aliphatic rings. The van der Waals surface area contributed by atoms with Gasteiger partial charge in [0.15, 0.2) is 0 Å². The van der Waals surface area contributed by atoms with E-state index in [1.165, 1.54) is 6.92 Å². The zero-order valence-corrected chi connectivity index (χ0v) is 11.7. The molecule has 0 saturated carbocycles. The third-order valence-electron chi connectivity index (χ3n) is 3.33. The molecule has 3 atom stereocenters. The van der Waals surface area contributed by atoms with Crippen LogP contribution in [-0.4, -0.2) is 12.4 Å². The summed E-state index contributed by atoms with van der Waals surface area (Å²) in [6.45, 7) is 6.59. The molecule has 116 valence electrons. The van der Waals surface area contributed by atoms with Gasteiger partial charge in [0.2, 0.25) is 0 Å². The molecule has 0 spiro atoms. The molecule has 0 rings (SSSR count). The van der Waals surface area contributed by atoms with Crippen molar-refractivity contribution in [1.29, 1.82) is 0 Å². The van der Waals surface area contributed by atoms with E-state index >= 15 is 0 Å². The van der Waals surface area contributed by atoms with Gasteiger partial charge in [0.1, 0.15) is 0 Å². The average molecular weight is 292 g/mol. The highest BCUT2D eigenvalue weighted by Crippen LogP contribution is 2.40. The molecule has 3 unspecified atom stereocenters. The average Bonchev–Trinajstić information content (AvgIpc) is 2.08. The summed E-state index contributed by atoms with van der Waals surface area (Å²) < 4.78 is 74.6. The highest BCUT2D eigenvalue weighted by Gasteiger charge is 2.40. The quantitative estimate of drug-likeness (QED) is 0.541. The zero-order valence-electron chi connectivity index (χ0n) is 11.7. The lowest BCUT2D eigenvalue weighted by Gasteiger charge is -2.32. The van der Waals surface area contributed by atoms with Crippen LogP contribution in [0.4, 0.5) is 26.3 Å². The number of hydrogen-bond donors (Lipinski definition) is 0. The van der Waals surface area contributed by atoms with E-state index in [9.17, 15) is 26.3 Å². The molecule has 0 N–H and O–H groups in total. The van der Waals surface area contributed by atoms with E-state index < -0.39 is 37.0 Å². The number of rotatable bonds is 6. The maximum Gasteiger partial charge on any atom is 0.389 e. The molecule has 0 aromatic heterocycles. The lowest BCUT2D eigenvalue weighted by molar-refractivity contribution is -0.171. The van der Waals surface area contributed by atoms with E-state index in [-0.39, 0.29) is 11.8 Å². The first-order valence-corrected chi connectivity index (χ1v) is 6.45. The summed E-state index contributed by atoms with van der Waals surface area (Å²) in [7, 11) is 0. The van der Waals surface area contributed by atoms with Crippen molar-refractivity contribution >= 4 is 0 Å². The number of hydrogen-bond acceptors (Lipinski definition) is 0. The molecule has 0 radical (unpaired) electrons. The first-order chi connectivity index (χ1) is 8.32. The first-order valence-electron chi connectivity index (χ1n) is 6.45. The third-order valence-corrected chi connectivity index (χ3v) is 3.33. The van der Waals surface area contributed by atoms with Gasteiger partial charge in [0.25, 0.3) is 0 Å². The molecule has 0 aromatic rings. The van der Waals surface area contributed by atoms with Gasteiger partial charge in [-0.1, -0.05) is 27.7 Å². The molecule has 0 amide bonds. The summed E-state index contributed by atoms with van der Waals surface area (Å²) in [5.41, 5.74) is 0. The van der Waals surface area contributed by atoms with Gasteiger partial charge < -0.3 is 0 Å². The standard InChI is InChI=1S/C13H22F6/c1-8(2)5-9(3)11(7-13(17,18)19)10(4)6-12(14,15)16/h8-11H,5-7H2,1-4H3. The molecule has 0 bridgehead atoms. The molecular formula is C13H22F6. The van der Waals surface area contributed by atoms with Crippen LogP contribution in [0.3, 0.4) is 0 Å². The molecule has 0 saturated heterocycles. The molecule has 6 heteroatoms. The summed E-state index contributed by atoms with van der Waals surface area (Å²) >= 11 is 0. The van der Waals surface area contributed by atoms with Crippen LogP contribution in [0, 0.1) is 23.7 Å². The van der Waals surface area contributed by atoms with Crippen molar-refractivity contribution in [1.82, 2.24) is 0 Å². The molecule has 0 aromatic carbocycles. The predicted octanol–water partition coefficient (Wildman–Crippen LogP) is 5.83. The van der Waals surface area contributed by atoms with Crippen LogP contribution in [0.1, 0.15) is 47.0 Å². The van der Waals surface area contributed by atoms with Gasteiger partial charge in [0, 0.05) is 12.8 Å². The van der Waals surface area contributed by atoms with Gasteiger partial charge in [-0.3, -0.25) is 0 Å². The van der Waals surface area contributed by atoms with Crippen molar-refractivity contribution in [3.8, 4) is 0 Å². The van der Waals surface area contributed by atoms with Gasteiger partial charge in [0.05, 0.1) is 0 Å². The van der Waals surface area contributed by atoms with E-state index in [0.29, 0.717) is 6.42 Å². The van der Waals surface area contributed by atoms with Crippen molar-refractivity contribution in [2.45, 2.75) is 59.3 Å². The molecule has 0 aliphatic carbocycles. The van der Waals surface area contributed by atoms with Crippen LogP contribution in [0.2, 0.25) is 0 Å². The van der Waals surface area contributed by atoms with Crippen LogP contribution in [0.15, 0.2) is 0 Å². The Kier molecular flexibility index (Phi) is 6.69. The van der Waals surface area contributed by atoms with E-state index in [0.717, 1.165) is 0 Å². The van der Waals surface area contributed by atoms with Gasteiger partial charge in [-0.2, -0.15) is 26.3 Å². The zero-order chi connectivity index (χ0) is 15.4. The minimum atomic E-state index is -4.42. The Morgan fingerprint density at radius 3 is 1.42 bits per heavy atom. The van der Waals surface area contributed by atoms with Crippen LogP contribution < -0.4 is 0 Å². The Balaban J connectivity index is 4.84. The fourth-order valence-electron chi connectivity index (χ4n) is 2.67. The van der Waals surface area contributed by atoms with Crippen molar-refractivity contribution in [2.24, 2.45) is 23.7 Å². The Morgan fingerprint density at radius 1 is 0.684 bits per heavy atom. The second kappa shape index (κ2) is 6.84. The largest absolute Gasteiger partial charge is 0.389 e.